The van der Waals surface area contributed by atoms with Crippen LogP contribution in [0.2, 0.25) is 0 Å². The van der Waals surface area contributed by atoms with Gasteiger partial charge in [0.1, 0.15) is 0 Å². The van der Waals surface area contributed by atoms with Gasteiger partial charge in [-0.1, -0.05) is 4.53 Å². The van der Waals surface area contributed by atoms with Gasteiger partial charge in [-0.3, -0.25) is 0 Å². The molecule has 0 saturated carbocycles. The normalized spacial score (nSPS) is 9.00. The van der Waals surface area contributed by atoms with Gasteiger partial charge in [0, 0.05) is 25.8 Å². The molecule has 8 heavy (non-hydrogen) atoms. The van der Waals surface area contributed by atoms with Crippen LogP contribution in [-0.4, -0.2) is 23.4 Å². The van der Waals surface area contributed by atoms with Crippen LogP contribution in [0.25, 0.3) is 0 Å². The molecule has 43 valence electrons. The van der Waals surface area contributed by atoms with Gasteiger partial charge in [-0.05, 0) is 0 Å². The van der Waals surface area contributed by atoms with Crippen LogP contribution in [0.1, 0.15) is 1.43 Å². The largest absolute Gasteiger partial charge is 1.00 e. The maximum Gasteiger partial charge on any atom is 1.00 e. The summed E-state index contributed by atoms with van der Waals surface area (Å²) in [6.07, 6.45) is 0. The summed E-state index contributed by atoms with van der Waals surface area (Å²) in [5.74, 6) is 0. The summed E-state index contributed by atoms with van der Waals surface area (Å²) in [4.78, 5) is 22.4. The quantitative estimate of drug-likeness (QED) is 0.344. The number of hydrogen-bond donors (Lipinski definition) is 3. The van der Waals surface area contributed by atoms with E-state index in [9.17, 15) is 4.53 Å². The maximum absolute atomic E-state index is 10.3. The minimum atomic E-state index is -4.80. The van der Waals surface area contributed by atoms with Gasteiger partial charge in [-0.25, -0.2) is 0 Å². The average molecular weight is 167 g/mol. The van der Waals surface area contributed by atoms with Crippen molar-refractivity contribution in [1.29, 1.82) is 0 Å². The van der Waals surface area contributed by atoms with Gasteiger partial charge in [0.2, 0.25) is 0 Å². The zero-order valence-corrected chi connectivity index (χ0v) is 7.01. The van der Waals surface area contributed by atoms with Crippen LogP contribution in [0.4, 0.5) is 4.53 Å². The Labute approximate surface area is 78.5 Å². The number of hydrogen-bond acceptors (Lipinski definition) is 4. The molecule has 0 unspecified atom stereocenters. The Morgan fingerprint density at radius 3 is 1.50 bits per heavy atom. The first-order valence-corrected chi connectivity index (χ1v) is 2.78. The Hall–Kier alpha value is 1.45. The van der Waals surface area contributed by atoms with Crippen molar-refractivity contribution in [2.75, 3.05) is 0 Å². The first kappa shape index (κ1) is 16.2. The third kappa shape index (κ3) is 15.7. The topological polar surface area (TPSA) is 69.9 Å². The van der Waals surface area contributed by atoms with E-state index in [1.807, 2.05) is 0 Å². The summed E-state index contributed by atoms with van der Waals surface area (Å²) in [6, 6.07) is 0. The SMILES string of the molecule is O[Si](O)(O)OF.[H-].[Li+].[Sc]. The molecule has 0 fully saturated rings. The van der Waals surface area contributed by atoms with Gasteiger partial charge >= 0.3 is 27.9 Å². The van der Waals surface area contributed by atoms with Crippen LogP contribution in [0.3, 0.4) is 0 Å². The predicted octanol–water partition coefficient (Wildman–Crippen LogP) is -4.59. The van der Waals surface area contributed by atoms with E-state index in [2.05, 4.69) is 4.63 Å². The number of halogens is 1. The molecule has 1 radical (unpaired) electrons. The maximum atomic E-state index is 10.3. The van der Waals surface area contributed by atoms with Crippen molar-refractivity contribution in [2.45, 2.75) is 0 Å². The molecule has 0 bridgehead atoms. The molecule has 0 saturated heterocycles. The molecule has 0 spiro atoms. The van der Waals surface area contributed by atoms with Crippen molar-refractivity contribution >= 4 is 9.05 Å². The Morgan fingerprint density at radius 2 is 1.50 bits per heavy atom. The molecule has 0 aromatic rings. The van der Waals surface area contributed by atoms with Crippen molar-refractivity contribution in [1.82, 2.24) is 0 Å². The Morgan fingerprint density at radius 1 is 1.38 bits per heavy atom. The fraction of sp³-hybridized carbons (Fsp3) is 0. The van der Waals surface area contributed by atoms with Gasteiger partial charge in [-0.15, -0.1) is 0 Å². The predicted molar refractivity (Wildman–Crippen MR) is 15.7 cm³/mol. The molecule has 0 rings (SSSR count). The van der Waals surface area contributed by atoms with Crippen LogP contribution in [0.5, 0.6) is 0 Å². The van der Waals surface area contributed by atoms with E-state index in [1.165, 1.54) is 0 Å². The van der Waals surface area contributed by atoms with Crippen molar-refractivity contribution < 1.29 is 69.7 Å². The van der Waals surface area contributed by atoms with Crippen molar-refractivity contribution in [3.63, 3.8) is 0 Å². The first-order chi connectivity index (χ1) is 2.56. The molecule has 0 amide bonds. The molecule has 0 aliphatic heterocycles. The second-order valence-electron chi connectivity index (χ2n) is 0.651. The summed E-state index contributed by atoms with van der Waals surface area (Å²) >= 11 is 0. The van der Waals surface area contributed by atoms with Crippen LogP contribution < -0.4 is 18.9 Å². The monoisotopic (exact) mass is 167 g/mol. The Balaban J connectivity index is -0.0000000417. The molecular formula is H4FLiO4ScSi. The van der Waals surface area contributed by atoms with Crippen molar-refractivity contribution in [2.24, 2.45) is 0 Å². The van der Waals surface area contributed by atoms with Gasteiger partial charge in [0.05, 0.1) is 0 Å². The zero-order chi connectivity index (χ0) is 5.21. The summed E-state index contributed by atoms with van der Waals surface area (Å²) in [5.41, 5.74) is 0. The average Bonchev–Trinajstić information content (AvgIpc) is 1.35. The van der Waals surface area contributed by atoms with Crippen LogP contribution in [-0.2, 0) is 30.5 Å². The second kappa shape index (κ2) is 6.57. The summed E-state index contributed by atoms with van der Waals surface area (Å²) in [7, 11) is -4.80. The van der Waals surface area contributed by atoms with E-state index in [0.717, 1.165) is 0 Å². The Kier molecular flexibility index (Phi) is 13.3. The van der Waals surface area contributed by atoms with Gasteiger partial charge < -0.3 is 15.8 Å². The molecule has 0 aliphatic carbocycles. The molecule has 0 aliphatic rings. The van der Waals surface area contributed by atoms with E-state index < -0.39 is 9.05 Å². The van der Waals surface area contributed by atoms with Gasteiger partial charge in [0.25, 0.3) is 0 Å². The molecule has 3 N–H and O–H groups in total. The fourth-order valence-electron chi connectivity index (χ4n) is 0. The van der Waals surface area contributed by atoms with Gasteiger partial charge in [0.15, 0.2) is 0 Å². The second-order valence-corrected chi connectivity index (χ2v) is 1.95. The standard InChI is InChI=1S/FH3O4Si.Li.Sc.H/c1-5-6(2,3)4;;;/h2-4H;;;/q;+1;;-1. The van der Waals surface area contributed by atoms with E-state index in [-0.39, 0.29) is 46.1 Å². The van der Waals surface area contributed by atoms with Crippen LogP contribution in [0.15, 0.2) is 0 Å². The Bertz CT molecular complexity index is 50.3. The third-order valence-corrected chi connectivity index (χ3v) is 0.311. The molecule has 0 aromatic heterocycles. The molecule has 0 heterocycles. The summed E-state index contributed by atoms with van der Waals surface area (Å²) < 4.78 is 12.6. The molecular weight excluding hydrogens is 163 g/mol. The van der Waals surface area contributed by atoms with E-state index in [1.54, 1.807) is 0 Å². The minimum absolute atomic E-state index is 0. The third-order valence-electron chi connectivity index (χ3n) is 0.104. The zero-order valence-electron chi connectivity index (χ0n) is 5.21. The number of rotatable bonds is 1. The van der Waals surface area contributed by atoms with Crippen LogP contribution in [0, 0.1) is 0 Å². The molecule has 0 aromatic carbocycles. The smallest absolute Gasteiger partial charge is 1.00 e. The van der Waals surface area contributed by atoms with Crippen molar-refractivity contribution in [3.05, 3.63) is 0 Å². The van der Waals surface area contributed by atoms with E-state index >= 15 is 0 Å². The van der Waals surface area contributed by atoms with E-state index in [0.29, 0.717) is 0 Å². The van der Waals surface area contributed by atoms with Crippen LogP contribution >= 0.6 is 0 Å². The minimum Gasteiger partial charge on any atom is -1.00 e. The van der Waals surface area contributed by atoms with Gasteiger partial charge in [-0.2, -0.15) is 4.63 Å². The summed E-state index contributed by atoms with van der Waals surface area (Å²) in [5, 5.41) is 0. The first-order valence-electron chi connectivity index (χ1n) is 1.03. The molecule has 4 nitrogen and oxygen atoms in total. The molecule has 8 heteroatoms. The van der Waals surface area contributed by atoms with E-state index in [4.69, 9.17) is 14.4 Å². The summed E-state index contributed by atoms with van der Waals surface area (Å²) in [6.45, 7) is 0. The van der Waals surface area contributed by atoms with Crippen molar-refractivity contribution in [3.8, 4) is 0 Å². The molecule has 0 atom stereocenters. The fourth-order valence-corrected chi connectivity index (χ4v) is 0.